The Kier molecular flexibility index (Phi) is 2.79. The van der Waals surface area contributed by atoms with Gasteiger partial charge in [0.2, 0.25) is 11.8 Å². The molecular formula is C17H17NO4. The summed E-state index contributed by atoms with van der Waals surface area (Å²) in [6.45, 7) is 0. The lowest BCUT2D eigenvalue weighted by Crippen LogP contribution is -2.33. The minimum absolute atomic E-state index is 0.102. The van der Waals surface area contributed by atoms with Crippen molar-refractivity contribution < 1.29 is 19.1 Å². The quantitative estimate of drug-likeness (QED) is 0.633. The fourth-order valence-electron chi connectivity index (χ4n) is 4.11. The van der Waals surface area contributed by atoms with Gasteiger partial charge >= 0.3 is 0 Å². The zero-order chi connectivity index (χ0) is 15.4. The van der Waals surface area contributed by atoms with Crippen LogP contribution in [0.2, 0.25) is 0 Å². The molecule has 4 atom stereocenters. The third kappa shape index (κ3) is 1.59. The Bertz CT molecular complexity index is 666. The Hall–Kier alpha value is -2.30. The number of methoxy groups -OCH3 is 2. The standard InChI is InChI=1S/C17H17NO4/c1-21-11-5-6-12(13(8-11)22-2)18-16(19)14-9-3-4-10(7-9)15(14)17(18)20/h3-6,8-10,14-15H,7H2,1-2H3/t9-,10+,14-,15+. The van der Waals surface area contributed by atoms with E-state index in [-0.39, 0.29) is 35.5 Å². The lowest BCUT2D eigenvalue weighted by molar-refractivity contribution is -0.123. The summed E-state index contributed by atoms with van der Waals surface area (Å²) in [4.78, 5) is 26.9. The number of carbonyl (C=O) groups is 2. The van der Waals surface area contributed by atoms with Crippen LogP contribution in [0, 0.1) is 23.7 Å². The summed E-state index contributed by atoms with van der Waals surface area (Å²) in [5.74, 6) is 0.915. The summed E-state index contributed by atoms with van der Waals surface area (Å²) in [5, 5.41) is 0. The lowest BCUT2D eigenvalue weighted by Gasteiger charge is -2.20. The van der Waals surface area contributed by atoms with Gasteiger partial charge in [0.1, 0.15) is 11.5 Å². The highest BCUT2D eigenvalue weighted by atomic mass is 16.5. The van der Waals surface area contributed by atoms with Crippen molar-refractivity contribution in [3.63, 3.8) is 0 Å². The molecule has 114 valence electrons. The smallest absolute Gasteiger partial charge is 0.238 e. The summed E-state index contributed by atoms with van der Waals surface area (Å²) in [6.07, 6.45) is 5.11. The zero-order valence-electron chi connectivity index (χ0n) is 12.5. The Balaban J connectivity index is 1.75. The van der Waals surface area contributed by atoms with Gasteiger partial charge in [-0.25, -0.2) is 4.90 Å². The first-order chi connectivity index (χ1) is 10.7. The molecule has 1 aromatic rings. The van der Waals surface area contributed by atoms with Gasteiger partial charge in [-0.1, -0.05) is 12.2 Å². The van der Waals surface area contributed by atoms with Gasteiger partial charge in [0.25, 0.3) is 0 Å². The third-order valence-corrected chi connectivity index (χ3v) is 5.10. The van der Waals surface area contributed by atoms with E-state index in [4.69, 9.17) is 9.47 Å². The van der Waals surface area contributed by atoms with Crippen LogP contribution in [-0.4, -0.2) is 26.0 Å². The Morgan fingerprint density at radius 3 is 2.18 bits per heavy atom. The van der Waals surface area contributed by atoms with Crippen molar-refractivity contribution in [3.8, 4) is 11.5 Å². The Morgan fingerprint density at radius 2 is 1.64 bits per heavy atom. The van der Waals surface area contributed by atoms with Crippen LogP contribution in [0.4, 0.5) is 5.69 Å². The van der Waals surface area contributed by atoms with Crippen molar-refractivity contribution in [3.05, 3.63) is 30.4 Å². The number of fused-ring (bicyclic) bond motifs is 5. The summed E-state index contributed by atoms with van der Waals surface area (Å²) in [6, 6.07) is 5.14. The molecule has 2 amide bonds. The molecule has 0 unspecified atom stereocenters. The number of nitrogens with zero attached hydrogens (tertiary/aromatic N) is 1. The summed E-state index contributed by atoms with van der Waals surface area (Å²) < 4.78 is 10.5. The highest BCUT2D eigenvalue weighted by molar-refractivity contribution is 6.23. The number of carbonyl (C=O) groups excluding carboxylic acids is 2. The molecule has 22 heavy (non-hydrogen) atoms. The predicted octanol–water partition coefficient (Wildman–Crippen LogP) is 2.02. The van der Waals surface area contributed by atoms with E-state index in [0.717, 1.165) is 6.42 Å². The highest BCUT2D eigenvalue weighted by Gasteiger charge is 2.59. The van der Waals surface area contributed by atoms with Crippen LogP contribution in [0.15, 0.2) is 30.4 Å². The van der Waals surface area contributed by atoms with Gasteiger partial charge in [0.15, 0.2) is 0 Å². The Morgan fingerprint density at radius 1 is 1.00 bits per heavy atom. The van der Waals surface area contributed by atoms with Gasteiger partial charge in [0, 0.05) is 6.07 Å². The van der Waals surface area contributed by atoms with Crippen molar-refractivity contribution >= 4 is 17.5 Å². The number of hydrogen-bond donors (Lipinski definition) is 0. The molecule has 2 aliphatic carbocycles. The van der Waals surface area contributed by atoms with Crippen LogP contribution in [-0.2, 0) is 9.59 Å². The van der Waals surface area contributed by atoms with Gasteiger partial charge in [-0.3, -0.25) is 9.59 Å². The van der Waals surface area contributed by atoms with Crippen molar-refractivity contribution in [1.82, 2.24) is 0 Å². The van der Waals surface area contributed by atoms with Crippen LogP contribution < -0.4 is 14.4 Å². The average Bonchev–Trinajstić information content (AvgIpc) is 3.21. The van der Waals surface area contributed by atoms with Gasteiger partial charge in [-0.2, -0.15) is 0 Å². The van der Waals surface area contributed by atoms with Crippen LogP contribution in [0.25, 0.3) is 0 Å². The molecule has 2 bridgehead atoms. The molecule has 3 aliphatic rings. The Labute approximate surface area is 128 Å². The summed E-state index contributed by atoms with van der Waals surface area (Å²) >= 11 is 0. The molecule has 0 aromatic heterocycles. The minimum Gasteiger partial charge on any atom is -0.497 e. The SMILES string of the molecule is COc1ccc(N2C(=O)[C@@H]3[C@H](C2=O)[C@@H]2C=C[C@H]3C2)c(OC)c1. The van der Waals surface area contributed by atoms with Crippen LogP contribution in [0.3, 0.4) is 0 Å². The fraction of sp³-hybridized carbons (Fsp3) is 0.412. The fourth-order valence-corrected chi connectivity index (χ4v) is 4.11. The zero-order valence-corrected chi connectivity index (χ0v) is 12.5. The van der Waals surface area contributed by atoms with Gasteiger partial charge < -0.3 is 9.47 Å². The molecule has 1 saturated heterocycles. The number of amides is 2. The van der Waals surface area contributed by atoms with E-state index in [9.17, 15) is 9.59 Å². The third-order valence-electron chi connectivity index (χ3n) is 5.10. The molecule has 1 heterocycles. The minimum atomic E-state index is -0.200. The maximum Gasteiger partial charge on any atom is 0.238 e. The lowest BCUT2D eigenvalue weighted by atomic mass is 9.85. The van der Waals surface area contributed by atoms with E-state index in [0.29, 0.717) is 17.2 Å². The highest BCUT2D eigenvalue weighted by Crippen LogP contribution is 2.54. The van der Waals surface area contributed by atoms with Gasteiger partial charge in [0.05, 0.1) is 31.7 Å². The predicted molar refractivity (Wildman–Crippen MR) is 79.8 cm³/mol. The van der Waals surface area contributed by atoms with Gasteiger partial charge in [-0.15, -0.1) is 0 Å². The molecule has 1 aliphatic heterocycles. The number of anilines is 1. The van der Waals surface area contributed by atoms with Crippen LogP contribution in [0.5, 0.6) is 11.5 Å². The van der Waals surface area contributed by atoms with E-state index in [1.54, 1.807) is 25.3 Å². The second-order valence-electron chi connectivity index (χ2n) is 6.05. The van der Waals surface area contributed by atoms with E-state index in [1.807, 2.05) is 0 Å². The molecule has 5 heteroatoms. The van der Waals surface area contributed by atoms with Crippen LogP contribution >= 0.6 is 0 Å². The van der Waals surface area contributed by atoms with Gasteiger partial charge in [-0.05, 0) is 30.4 Å². The molecule has 4 rings (SSSR count). The first-order valence-electron chi connectivity index (χ1n) is 7.44. The van der Waals surface area contributed by atoms with Crippen molar-refractivity contribution in [2.75, 3.05) is 19.1 Å². The molecule has 2 fully saturated rings. The largest absolute Gasteiger partial charge is 0.497 e. The first-order valence-corrected chi connectivity index (χ1v) is 7.44. The molecule has 0 N–H and O–H groups in total. The van der Waals surface area contributed by atoms with E-state index in [2.05, 4.69) is 12.2 Å². The van der Waals surface area contributed by atoms with Crippen LogP contribution in [0.1, 0.15) is 6.42 Å². The average molecular weight is 299 g/mol. The summed E-state index contributed by atoms with van der Waals surface area (Å²) in [7, 11) is 3.09. The van der Waals surface area contributed by atoms with Crippen molar-refractivity contribution in [2.24, 2.45) is 23.7 Å². The number of imide groups is 1. The second-order valence-corrected chi connectivity index (χ2v) is 6.05. The molecule has 0 spiro atoms. The van der Waals surface area contributed by atoms with Crippen molar-refractivity contribution in [2.45, 2.75) is 6.42 Å². The number of allylic oxidation sites excluding steroid dienone is 2. The number of benzene rings is 1. The number of rotatable bonds is 3. The number of ether oxygens (including phenoxy) is 2. The van der Waals surface area contributed by atoms with E-state index < -0.39 is 0 Å². The topological polar surface area (TPSA) is 55.8 Å². The summed E-state index contributed by atoms with van der Waals surface area (Å²) in [5.41, 5.74) is 0.507. The monoisotopic (exact) mass is 299 g/mol. The molecule has 5 nitrogen and oxygen atoms in total. The van der Waals surface area contributed by atoms with E-state index in [1.165, 1.54) is 12.0 Å². The number of hydrogen-bond acceptors (Lipinski definition) is 4. The molecule has 0 radical (unpaired) electrons. The normalized spacial score (nSPS) is 31.8. The first kappa shape index (κ1) is 13.4. The second kappa shape index (κ2) is 4.60. The van der Waals surface area contributed by atoms with Crippen molar-refractivity contribution in [1.29, 1.82) is 0 Å². The van der Waals surface area contributed by atoms with E-state index >= 15 is 0 Å². The molecule has 1 aromatic carbocycles. The maximum atomic E-state index is 12.8. The maximum absolute atomic E-state index is 12.8. The molecule has 1 saturated carbocycles. The molecular weight excluding hydrogens is 282 g/mol.